The van der Waals surface area contributed by atoms with Crippen LogP contribution in [0.1, 0.15) is 54.2 Å². The predicted octanol–water partition coefficient (Wildman–Crippen LogP) is 6.77. The molecule has 6 rings (SSSR count). The fraction of sp³-hybridized carbons (Fsp3) is 0.500. The first kappa shape index (κ1) is 29.8. The van der Waals surface area contributed by atoms with Crippen molar-refractivity contribution >= 4 is 28.9 Å². The maximum Gasteiger partial charge on any atom is 0.433 e. The van der Waals surface area contributed by atoms with Gasteiger partial charge in [-0.05, 0) is 61.4 Å². The van der Waals surface area contributed by atoms with Crippen molar-refractivity contribution in [2.24, 2.45) is 5.92 Å². The Balaban J connectivity index is 1.20. The molecule has 3 aromatic rings. The Bertz CT molecular complexity index is 1430. The van der Waals surface area contributed by atoms with E-state index >= 15 is 0 Å². The number of piperidine rings is 1. The number of benzene rings is 2. The van der Waals surface area contributed by atoms with E-state index in [0.717, 1.165) is 66.9 Å². The summed E-state index contributed by atoms with van der Waals surface area (Å²) >= 11 is 6.44. The number of nitrogens with zero attached hydrogens (tertiary/aromatic N) is 5. The van der Waals surface area contributed by atoms with Gasteiger partial charge < -0.3 is 14.5 Å². The zero-order valence-electron chi connectivity index (χ0n) is 24.3. The van der Waals surface area contributed by atoms with Gasteiger partial charge in [-0.2, -0.15) is 18.3 Å². The molecule has 0 N–H and O–H groups in total. The summed E-state index contributed by atoms with van der Waals surface area (Å²) < 4.78 is 47.8. The molecule has 0 spiro atoms. The Kier molecular flexibility index (Phi) is 8.60. The number of alkyl halides is 3. The monoisotopic (exact) mass is 615 g/mol. The minimum absolute atomic E-state index is 0.294. The largest absolute Gasteiger partial charge is 0.465 e. The second-order valence-corrected chi connectivity index (χ2v) is 12.3. The molecule has 1 aliphatic carbocycles. The van der Waals surface area contributed by atoms with Crippen LogP contribution in [-0.4, -0.2) is 73.6 Å². The summed E-state index contributed by atoms with van der Waals surface area (Å²) in [5.74, 6) is -0.166. The molecule has 1 atom stereocenters. The lowest BCUT2D eigenvalue weighted by Gasteiger charge is -2.39. The van der Waals surface area contributed by atoms with Gasteiger partial charge >= 0.3 is 12.1 Å². The number of rotatable bonds is 7. The Morgan fingerprint density at radius 2 is 1.72 bits per heavy atom. The maximum atomic E-state index is 14.1. The zero-order valence-corrected chi connectivity index (χ0v) is 25.1. The van der Waals surface area contributed by atoms with E-state index < -0.39 is 29.4 Å². The zero-order chi connectivity index (χ0) is 30.1. The number of esters is 1. The van der Waals surface area contributed by atoms with Crippen LogP contribution in [0.15, 0.2) is 48.7 Å². The molecule has 7 nitrogen and oxygen atoms in total. The Morgan fingerprint density at radius 1 is 0.977 bits per heavy atom. The van der Waals surface area contributed by atoms with Crippen LogP contribution in [-0.2, 0) is 10.9 Å². The fourth-order valence-corrected chi connectivity index (χ4v) is 6.81. The number of carbonyl (C=O) groups is 1. The molecule has 230 valence electrons. The number of piperazine rings is 1. The summed E-state index contributed by atoms with van der Waals surface area (Å²) in [6.07, 6.45) is 1.49. The Morgan fingerprint density at radius 3 is 2.37 bits per heavy atom. The Labute approximate surface area is 255 Å². The molecule has 43 heavy (non-hydrogen) atoms. The van der Waals surface area contributed by atoms with Gasteiger partial charge in [-0.25, -0.2) is 4.79 Å². The lowest BCUT2D eigenvalue weighted by molar-refractivity contribution is -0.145. The van der Waals surface area contributed by atoms with Crippen molar-refractivity contribution in [1.82, 2.24) is 14.7 Å². The van der Waals surface area contributed by atoms with E-state index in [4.69, 9.17) is 11.6 Å². The summed E-state index contributed by atoms with van der Waals surface area (Å²) in [5.41, 5.74) is 2.40. The van der Waals surface area contributed by atoms with Crippen LogP contribution in [0, 0.1) is 5.92 Å². The maximum absolute atomic E-state index is 14.1. The average molecular weight is 616 g/mol. The van der Waals surface area contributed by atoms with Gasteiger partial charge in [0, 0.05) is 67.8 Å². The smallest absolute Gasteiger partial charge is 0.433 e. The molecule has 2 aliphatic heterocycles. The van der Waals surface area contributed by atoms with Crippen LogP contribution < -0.4 is 9.80 Å². The molecule has 3 heterocycles. The number of ether oxygens (including phenoxy) is 1. The van der Waals surface area contributed by atoms with Crippen molar-refractivity contribution in [2.45, 2.75) is 44.3 Å². The van der Waals surface area contributed by atoms with Gasteiger partial charge in [0.2, 0.25) is 0 Å². The van der Waals surface area contributed by atoms with Gasteiger partial charge in [0.25, 0.3) is 0 Å². The van der Waals surface area contributed by atoms with E-state index in [1.807, 2.05) is 18.2 Å². The van der Waals surface area contributed by atoms with Gasteiger partial charge in [-0.3, -0.25) is 9.58 Å². The highest BCUT2D eigenvalue weighted by atomic mass is 35.5. The minimum Gasteiger partial charge on any atom is -0.465 e. The van der Waals surface area contributed by atoms with Crippen LogP contribution >= 0.6 is 11.6 Å². The molecule has 11 heteroatoms. The topological polar surface area (TPSA) is 53.8 Å². The van der Waals surface area contributed by atoms with Gasteiger partial charge in [-0.1, -0.05) is 36.2 Å². The molecule has 2 saturated heterocycles. The van der Waals surface area contributed by atoms with E-state index in [2.05, 4.69) is 48.8 Å². The molecule has 0 radical (unpaired) electrons. The quantitative estimate of drug-likeness (QED) is 0.273. The SMILES string of the molecule is COC(=O)c1cnn(C2CCCN(c3cc(Cl)ccc3-c3ccc(N4CCN(CC5CCC5)CC4)cc3)C2)c1C(F)(F)F. The molecule has 1 saturated carbocycles. The van der Waals surface area contributed by atoms with Crippen molar-refractivity contribution in [3.8, 4) is 11.1 Å². The first-order valence-electron chi connectivity index (χ1n) is 15.1. The van der Waals surface area contributed by atoms with Crippen molar-refractivity contribution < 1.29 is 22.7 Å². The van der Waals surface area contributed by atoms with Gasteiger partial charge in [-0.15, -0.1) is 0 Å². The lowest BCUT2D eigenvalue weighted by atomic mass is 9.85. The predicted molar refractivity (Wildman–Crippen MR) is 162 cm³/mol. The van der Waals surface area contributed by atoms with Gasteiger partial charge in [0.15, 0.2) is 5.69 Å². The number of hydrogen-bond acceptors (Lipinski definition) is 6. The highest BCUT2D eigenvalue weighted by molar-refractivity contribution is 6.31. The lowest BCUT2D eigenvalue weighted by Crippen LogP contribution is -2.48. The number of hydrogen-bond donors (Lipinski definition) is 0. The third-order valence-corrected chi connectivity index (χ3v) is 9.40. The van der Waals surface area contributed by atoms with Crippen molar-refractivity contribution in [3.63, 3.8) is 0 Å². The van der Waals surface area contributed by atoms with Crippen LogP contribution in [0.25, 0.3) is 11.1 Å². The number of carbonyl (C=O) groups excluding carboxylic acids is 1. The molecule has 1 unspecified atom stereocenters. The summed E-state index contributed by atoms with van der Waals surface area (Å²) in [7, 11) is 1.06. The summed E-state index contributed by atoms with van der Waals surface area (Å²) in [4.78, 5) is 19.2. The van der Waals surface area contributed by atoms with E-state index in [0.29, 0.717) is 31.0 Å². The standard InChI is InChI=1S/C32H37ClF3N5O2/c1-43-31(42)28-19-37-41(30(28)32(34,35)36)26-6-3-13-40(21-26)29-18-24(33)9-12-27(29)23-7-10-25(11-8-23)39-16-14-38(15-17-39)20-22-4-2-5-22/h7-12,18-19,22,26H,2-6,13-17,20-21H2,1H3. The van der Waals surface area contributed by atoms with Crippen molar-refractivity contribution in [3.05, 3.63) is 64.9 Å². The summed E-state index contributed by atoms with van der Waals surface area (Å²) in [6.45, 7) is 6.39. The first-order valence-corrected chi connectivity index (χ1v) is 15.4. The molecule has 0 amide bonds. The first-order chi connectivity index (χ1) is 20.7. The Hall–Kier alpha value is -3.24. The molecular formula is C32H37ClF3N5O2. The van der Waals surface area contributed by atoms with Crippen LogP contribution in [0.4, 0.5) is 24.5 Å². The van der Waals surface area contributed by atoms with E-state index in [1.54, 1.807) is 0 Å². The number of methoxy groups -OCH3 is 1. The average Bonchev–Trinajstić information content (AvgIpc) is 3.46. The molecule has 1 aromatic heterocycles. The highest BCUT2D eigenvalue weighted by Gasteiger charge is 2.42. The molecule has 0 bridgehead atoms. The van der Waals surface area contributed by atoms with Gasteiger partial charge in [0.05, 0.1) is 19.3 Å². The van der Waals surface area contributed by atoms with Gasteiger partial charge in [0.1, 0.15) is 5.56 Å². The molecule has 2 aromatic carbocycles. The second-order valence-electron chi connectivity index (χ2n) is 11.9. The van der Waals surface area contributed by atoms with Crippen LogP contribution in [0.2, 0.25) is 5.02 Å². The summed E-state index contributed by atoms with van der Waals surface area (Å²) in [6, 6.07) is 13.6. The summed E-state index contributed by atoms with van der Waals surface area (Å²) in [5, 5.41) is 4.57. The molecule has 3 aliphatic rings. The van der Waals surface area contributed by atoms with Crippen LogP contribution in [0.3, 0.4) is 0 Å². The number of aromatic nitrogens is 2. The number of anilines is 2. The van der Waals surface area contributed by atoms with E-state index in [-0.39, 0.29) is 0 Å². The number of halogens is 4. The second kappa shape index (κ2) is 12.4. The fourth-order valence-electron chi connectivity index (χ4n) is 6.65. The normalized spacial score (nSPS) is 20.3. The minimum atomic E-state index is -4.76. The van der Waals surface area contributed by atoms with Crippen LogP contribution in [0.5, 0.6) is 0 Å². The third kappa shape index (κ3) is 6.36. The molecular weight excluding hydrogens is 579 g/mol. The third-order valence-electron chi connectivity index (χ3n) is 9.17. The van der Waals surface area contributed by atoms with Crippen molar-refractivity contribution in [2.75, 3.05) is 62.7 Å². The van der Waals surface area contributed by atoms with E-state index in [9.17, 15) is 18.0 Å². The molecule has 3 fully saturated rings. The van der Waals surface area contributed by atoms with Crippen molar-refractivity contribution in [1.29, 1.82) is 0 Å². The van der Waals surface area contributed by atoms with E-state index in [1.165, 1.54) is 31.5 Å². The highest BCUT2D eigenvalue weighted by Crippen LogP contribution is 2.40.